The van der Waals surface area contributed by atoms with Crippen LogP contribution in [0, 0.1) is 13.8 Å². The van der Waals surface area contributed by atoms with E-state index >= 15 is 0 Å². The van der Waals surface area contributed by atoms with Gasteiger partial charge in [-0.15, -0.1) is 0 Å². The first-order valence-corrected chi connectivity index (χ1v) is 6.81. The largest absolute Gasteiger partial charge is 0.494 e. The van der Waals surface area contributed by atoms with Crippen LogP contribution in [0.3, 0.4) is 0 Å². The number of ether oxygens (including phenoxy) is 1. The first-order valence-electron chi connectivity index (χ1n) is 6.81. The molecule has 1 N–H and O–H groups in total. The van der Waals surface area contributed by atoms with Crippen molar-refractivity contribution < 1.29 is 4.74 Å². The van der Waals surface area contributed by atoms with Crippen LogP contribution in [-0.2, 0) is 4.74 Å². The molecule has 0 aromatic carbocycles. The van der Waals surface area contributed by atoms with Gasteiger partial charge in [0.05, 0.1) is 18.5 Å². The van der Waals surface area contributed by atoms with Gasteiger partial charge < -0.3 is 9.72 Å². The minimum Gasteiger partial charge on any atom is -0.494 e. The fourth-order valence-electron chi connectivity index (χ4n) is 2.36. The van der Waals surface area contributed by atoms with Gasteiger partial charge in [0.25, 0.3) is 0 Å². The number of hydrogen-bond donors (Lipinski definition) is 1. The number of allylic oxidation sites excluding steroid dienone is 1. The molecular weight excluding hydrogens is 262 g/mol. The van der Waals surface area contributed by atoms with E-state index in [2.05, 4.69) is 28.0 Å². The highest BCUT2D eigenvalue weighted by Crippen LogP contribution is 2.25. The van der Waals surface area contributed by atoms with Crippen LogP contribution >= 0.6 is 0 Å². The molecule has 0 radical (unpaired) electrons. The highest BCUT2D eigenvalue weighted by atomic mass is 16.5. The Morgan fingerprint density at radius 3 is 2.71 bits per heavy atom. The summed E-state index contributed by atoms with van der Waals surface area (Å²) in [7, 11) is 1.66. The molecule has 2 aromatic rings. The summed E-state index contributed by atoms with van der Waals surface area (Å²) in [5.74, 6) is 0.752. The van der Waals surface area contributed by atoms with Crippen molar-refractivity contribution in [2.45, 2.75) is 13.8 Å². The van der Waals surface area contributed by atoms with Gasteiger partial charge in [-0.05, 0) is 43.7 Å². The Kier molecular flexibility index (Phi) is 3.44. The Morgan fingerprint density at radius 1 is 1.24 bits per heavy atom. The van der Waals surface area contributed by atoms with Gasteiger partial charge >= 0.3 is 0 Å². The number of methoxy groups -OCH3 is 1. The Morgan fingerprint density at radius 2 is 2.10 bits per heavy atom. The molecule has 2 aromatic heterocycles. The standard InChI is InChI=1S/C17H17N3O/c1-11-8-12(2)19-14(11)9-16-17(21-3)10-15(20-16)13-6-4-5-7-18-13/h4-10,19H,1-3H3. The van der Waals surface area contributed by atoms with E-state index in [1.807, 2.05) is 37.3 Å². The van der Waals surface area contributed by atoms with Crippen molar-refractivity contribution in [3.63, 3.8) is 0 Å². The molecule has 106 valence electrons. The second-order valence-corrected chi connectivity index (χ2v) is 5.00. The van der Waals surface area contributed by atoms with Gasteiger partial charge in [-0.1, -0.05) is 6.07 Å². The Labute approximate surface area is 123 Å². The van der Waals surface area contributed by atoms with E-state index in [1.54, 1.807) is 13.3 Å². The second-order valence-electron chi connectivity index (χ2n) is 5.00. The topological polar surface area (TPSA) is 50.3 Å². The minimum absolute atomic E-state index is 0.752. The van der Waals surface area contributed by atoms with Crippen LogP contribution in [0.15, 0.2) is 53.0 Å². The van der Waals surface area contributed by atoms with Crippen LogP contribution < -0.4 is 0 Å². The maximum atomic E-state index is 5.43. The molecule has 0 aliphatic carbocycles. The van der Waals surface area contributed by atoms with Gasteiger partial charge in [0, 0.05) is 23.7 Å². The molecule has 0 bridgehead atoms. The third-order valence-corrected chi connectivity index (χ3v) is 3.38. The van der Waals surface area contributed by atoms with Crippen LogP contribution in [0.1, 0.15) is 22.6 Å². The van der Waals surface area contributed by atoms with Gasteiger partial charge in [-0.25, -0.2) is 4.99 Å². The summed E-state index contributed by atoms with van der Waals surface area (Å²) < 4.78 is 5.43. The molecule has 0 amide bonds. The van der Waals surface area contributed by atoms with Crippen molar-refractivity contribution in [2.24, 2.45) is 4.99 Å². The molecule has 3 rings (SSSR count). The van der Waals surface area contributed by atoms with Crippen LogP contribution in [0.4, 0.5) is 0 Å². The fourth-order valence-corrected chi connectivity index (χ4v) is 2.36. The number of pyridine rings is 1. The molecule has 4 heteroatoms. The molecule has 0 saturated heterocycles. The summed E-state index contributed by atoms with van der Waals surface area (Å²) in [6, 6.07) is 7.89. The Balaban J connectivity index is 2.01. The van der Waals surface area contributed by atoms with E-state index in [4.69, 9.17) is 4.74 Å². The van der Waals surface area contributed by atoms with E-state index < -0.39 is 0 Å². The van der Waals surface area contributed by atoms with E-state index in [-0.39, 0.29) is 0 Å². The lowest BCUT2D eigenvalue weighted by Crippen LogP contribution is -1.96. The third kappa shape index (κ3) is 2.65. The number of nitrogens with zero attached hydrogens (tertiary/aromatic N) is 2. The molecule has 0 unspecified atom stereocenters. The van der Waals surface area contributed by atoms with Crippen LogP contribution in [0.2, 0.25) is 0 Å². The first kappa shape index (κ1) is 13.4. The summed E-state index contributed by atoms with van der Waals surface area (Å²) in [5, 5.41) is 0. The lowest BCUT2D eigenvalue weighted by atomic mass is 10.2. The quantitative estimate of drug-likeness (QED) is 0.936. The van der Waals surface area contributed by atoms with Crippen LogP contribution in [-0.4, -0.2) is 22.8 Å². The van der Waals surface area contributed by atoms with Crippen molar-refractivity contribution in [2.75, 3.05) is 7.11 Å². The summed E-state index contributed by atoms with van der Waals surface area (Å²) >= 11 is 0. The average Bonchev–Trinajstić information content (AvgIpc) is 3.04. The zero-order valence-corrected chi connectivity index (χ0v) is 12.3. The maximum Gasteiger partial charge on any atom is 0.146 e. The molecule has 0 saturated carbocycles. The number of aryl methyl sites for hydroxylation is 2. The summed E-state index contributed by atoms with van der Waals surface area (Å²) in [6.45, 7) is 4.11. The smallest absolute Gasteiger partial charge is 0.146 e. The van der Waals surface area contributed by atoms with Crippen molar-refractivity contribution in [1.82, 2.24) is 9.97 Å². The molecule has 0 fully saturated rings. The molecule has 0 spiro atoms. The van der Waals surface area contributed by atoms with Gasteiger partial charge in [0.2, 0.25) is 0 Å². The molecule has 1 aliphatic rings. The Hall–Kier alpha value is -2.62. The molecule has 4 nitrogen and oxygen atoms in total. The minimum atomic E-state index is 0.752. The van der Waals surface area contributed by atoms with Crippen LogP contribution in [0.25, 0.3) is 6.08 Å². The van der Waals surface area contributed by atoms with E-state index in [0.29, 0.717) is 0 Å². The maximum absolute atomic E-state index is 5.43. The lowest BCUT2D eigenvalue weighted by Gasteiger charge is -2.01. The summed E-state index contributed by atoms with van der Waals surface area (Å²) in [4.78, 5) is 12.3. The average molecular weight is 279 g/mol. The number of hydrogen-bond acceptors (Lipinski definition) is 3. The lowest BCUT2D eigenvalue weighted by molar-refractivity contribution is 0.303. The number of aromatic amines is 1. The predicted molar refractivity (Wildman–Crippen MR) is 84.1 cm³/mol. The number of nitrogens with one attached hydrogen (secondary N) is 1. The zero-order chi connectivity index (χ0) is 14.8. The van der Waals surface area contributed by atoms with Crippen LogP contribution in [0.5, 0.6) is 0 Å². The molecule has 3 heterocycles. The number of aliphatic imine (C=N–C) groups is 1. The van der Waals surface area contributed by atoms with E-state index in [9.17, 15) is 0 Å². The molecule has 21 heavy (non-hydrogen) atoms. The van der Waals surface area contributed by atoms with Gasteiger partial charge in [-0.2, -0.15) is 0 Å². The SMILES string of the molecule is COC1=CC(c2ccccn2)=NC1=Cc1[nH]c(C)cc1C. The first-order chi connectivity index (χ1) is 10.2. The fraction of sp³-hybridized carbons (Fsp3) is 0.176. The van der Waals surface area contributed by atoms with Crippen molar-refractivity contribution >= 4 is 11.8 Å². The number of rotatable bonds is 3. The van der Waals surface area contributed by atoms with Crippen molar-refractivity contribution in [1.29, 1.82) is 0 Å². The van der Waals surface area contributed by atoms with E-state index in [0.717, 1.165) is 34.2 Å². The van der Waals surface area contributed by atoms with Gasteiger partial charge in [0.1, 0.15) is 11.5 Å². The molecule has 1 aliphatic heterocycles. The highest BCUT2D eigenvalue weighted by molar-refractivity contribution is 6.10. The third-order valence-electron chi connectivity index (χ3n) is 3.38. The summed E-state index contributed by atoms with van der Waals surface area (Å²) in [6.07, 6.45) is 5.69. The van der Waals surface area contributed by atoms with Crippen molar-refractivity contribution in [3.05, 3.63) is 70.6 Å². The van der Waals surface area contributed by atoms with E-state index in [1.165, 1.54) is 5.56 Å². The Bertz CT molecular complexity index is 752. The summed E-state index contributed by atoms with van der Waals surface area (Å²) in [5.41, 5.74) is 5.85. The highest BCUT2D eigenvalue weighted by Gasteiger charge is 2.17. The number of aromatic nitrogens is 2. The number of H-pyrrole nitrogens is 1. The zero-order valence-electron chi connectivity index (χ0n) is 12.3. The molecular formula is C17H17N3O. The molecule has 0 atom stereocenters. The van der Waals surface area contributed by atoms with Gasteiger partial charge in [0.15, 0.2) is 0 Å². The monoisotopic (exact) mass is 279 g/mol. The predicted octanol–water partition coefficient (Wildman–Crippen LogP) is 3.40. The van der Waals surface area contributed by atoms with Crippen molar-refractivity contribution in [3.8, 4) is 0 Å². The second kappa shape index (κ2) is 5.40. The van der Waals surface area contributed by atoms with Gasteiger partial charge in [-0.3, -0.25) is 4.98 Å². The normalized spacial score (nSPS) is 16.0.